The Labute approximate surface area is 210 Å². The van der Waals surface area contributed by atoms with E-state index >= 15 is 4.39 Å². The molecule has 6 nitrogen and oxygen atoms in total. The zero-order chi connectivity index (χ0) is 25.1. The lowest BCUT2D eigenvalue weighted by Gasteiger charge is -2.27. The van der Waals surface area contributed by atoms with Crippen LogP contribution in [0.3, 0.4) is 0 Å². The zero-order valence-electron chi connectivity index (χ0n) is 21.2. The quantitative estimate of drug-likeness (QED) is 0.482. The van der Waals surface area contributed by atoms with E-state index in [4.69, 9.17) is 14.2 Å². The lowest BCUT2D eigenvalue weighted by molar-refractivity contribution is -0.118. The van der Waals surface area contributed by atoms with Gasteiger partial charge in [-0.25, -0.2) is 4.39 Å². The average Bonchev–Trinajstić information content (AvgIpc) is 3.41. The van der Waals surface area contributed by atoms with Crippen molar-refractivity contribution in [2.24, 2.45) is 5.92 Å². The maximum atomic E-state index is 15.4. The Morgan fingerprint density at radius 3 is 2.67 bits per heavy atom. The smallest absolute Gasteiger partial charge is 0.235 e. The topological polar surface area (TPSA) is 61.7 Å². The number of amides is 1. The molecule has 1 saturated carbocycles. The van der Waals surface area contributed by atoms with E-state index in [9.17, 15) is 4.79 Å². The number of hydrogen-bond acceptors (Lipinski definition) is 4. The van der Waals surface area contributed by atoms with E-state index in [2.05, 4.69) is 36.7 Å². The molecule has 3 heterocycles. The van der Waals surface area contributed by atoms with E-state index in [-0.39, 0.29) is 23.8 Å². The second-order valence-electron chi connectivity index (χ2n) is 11.5. The Hall–Kier alpha value is -3.06. The third-order valence-electron chi connectivity index (χ3n) is 7.81. The van der Waals surface area contributed by atoms with E-state index in [1.165, 1.54) is 0 Å². The zero-order valence-corrected chi connectivity index (χ0v) is 21.2. The summed E-state index contributed by atoms with van der Waals surface area (Å²) in [6, 6.07) is 11.1. The number of carbonyl (C=O) groups is 1. The first-order valence-corrected chi connectivity index (χ1v) is 12.9. The van der Waals surface area contributed by atoms with Crippen molar-refractivity contribution < 1.29 is 23.4 Å². The number of anilines is 1. The molecule has 36 heavy (non-hydrogen) atoms. The van der Waals surface area contributed by atoms with Gasteiger partial charge in [0.2, 0.25) is 12.7 Å². The van der Waals surface area contributed by atoms with E-state index in [0.29, 0.717) is 17.4 Å². The first-order valence-electron chi connectivity index (χ1n) is 12.9. The number of carbonyl (C=O) groups excluding carboxylic acids is 1. The second kappa shape index (κ2) is 8.51. The predicted molar refractivity (Wildman–Crippen MR) is 136 cm³/mol. The highest BCUT2D eigenvalue weighted by Gasteiger charge is 2.52. The van der Waals surface area contributed by atoms with Gasteiger partial charge in [0.25, 0.3) is 0 Å². The normalized spacial score (nSPS) is 20.5. The summed E-state index contributed by atoms with van der Waals surface area (Å²) in [7, 11) is 0. The van der Waals surface area contributed by atoms with Crippen molar-refractivity contribution in [3.05, 3.63) is 53.5 Å². The van der Waals surface area contributed by atoms with Crippen LogP contribution in [0.2, 0.25) is 0 Å². The summed E-state index contributed by atoms with van der Waals surface area (Å²) in [5.41, 5.74) is 2.35. The number of fused-ring (bicyclic) bond motifs is 2. The molecule has 1 atom stereocenters. The van der Waals surface area contributed by atoms with Crippen LogP contribution in [0, 0.1) is 11.7 Å². The molecule has 1 aliphatic carbocycles. The number of nitrogens with zero attached hydrogens (tertiary/aromatic N) is 1. The van der Waals surface area contributed by atoms with Crippen LogP contribution in [0.4, 0.5) is 10.1 Å². The number of ether oxygens (including phenoxy) is 3. The van der Waals surface area contributed by atoms with Gasteiger partial charge < -0.3 is 24.1 Å². The Morgan fingerprint density at radius 1 is 1.14 bits per heavy atom. The molecule has 2 aliphatic heterocycles. The standard InChI is InChI=1S/C29H33FN2O4/c1-28(2,3)26-12-19-11-22(21(30)14-23(19)32(26)15-18-5-4-10-34-16-18)31-27(33)29(8-9-29)20-6-7-24-25(13-20)36-17-35-24/h6-7,11-14,18H,4-5,8-10,15-17H2,1-3H3,(H,31,33). The van der Waals surface area contributed by atoms with Gasteiger partial charge >= 0.3 is 0 Å². The summed E-state index contributed by atoms with van der Waals surface area (Å²) in [5, 5.41) is 3.84. The fourth-order valence-electron chi connectivity index (χ4n) is 5.62. The highest BCUT2D eigenvalue weighted by Crippen LogP contribution is 2.51. The molecule has 2 aromatic carbocycles. The van der Waals surface area contributed by atoms with Gasteiger partial charge in [-0.15, -0.1) is 0 Å². The van der Waals surface area contributed by atoms with Gasteiger partial charge in [0.1, 0.15) is 5.82 Å². The molecule has 0 radical (unpaired) electrons. The van der Waals surface area contributed by atoms with Crippen molar-refractivity contribution in [2.75, 3.05) is 25.3 Å². The summed E-state index contributed by atoms with van der Waals surface area (Å²) in [5.74, 6) is 1.14. The number of halogens is 1. The summed E-state index contributed by atoms with van der Waals surface area (Å²) < 4.78 is 34.3. The monoisotopic (exact) mass is 492 g/mol. The summed E-state index contributed by atoms with van der Waals surface area (Å²) >= 11 is 0. The summed E-state index contributed by atoms with van der Waals surface area (Å²) in [4.78, 5) is 13.4. The molecule has 2 fully saturated rings. The number of aromatic nitrogens is 1. The summed E-state index contributed by atoms with van der Waals surface area (Å²) in [6.45, 7) is 9.08. The largest absolute Gasteiger partial charge is 0.454 e. The lowest BCUT2D eigenvalue weighted by Crippen LogP contribution is -2.28. The van der Waals surface area contributed by atoms with Crippen molar-refractivity contribution in [1.82, 2.24) is 4.57 Å². The Balaban J connectivity index is 1.31. The Bertz CT molecular complexity index is 1330. The molecule has 7 heteroatoms. The van der Waals surface area contributed by atoms with Crippen LogP contribution in [0.25, 0.3) is 10.9 Å². The highest BCUT2D eigenvalue weighted by atomic mass is 19.1. The molecule has 3 aromatic rings. The molecule has 1 aromatic heterocycles. The molecule has 1 unspecified atom stereocenters. The van der Waals surface area contributed by atoms with Crippen LogP contribution < -0.4 is 14.8 Å². The molecule has 6 rings (SSSR count). The minimum Gasteiger partial charge on any atom is -0.454 e. The van der Waals surface area contributed by atoms with Gasteiger partial charge in [0.05, 0.1) is 23.2 Å². The Morgan fingerprint density at radius 2 is 1.94 bits per heavy atom. The van der Waals surface area contributed by atoms with Gasteiger partial charge in [0.15, 0.2) is 11.5 Å². The summed E-state index contributed by atoms with van der Waals surface area (Å²) in [6.07, 6.45) is 3.61. The minimum absolute atomic E-state index is 0.105. The first kappa shape index (κ1) is 23.3. The number of nitrogens with one attached hydrogen (secondary N) is 1. The number of benzene rings is 2. The van der Waals surface area contributed by atoms with Crippen LogP contribution in [0.5, 0.6) is 11.5 Å². The van der Waals surface area contributed by atoms with Crippen molar-refractivity contribution in [3.8, 4) is 11.5 Å². The molecule has 190 valence electrons. The maximum absolute atomic E-state index is 15.4. The lowest BCUT2D eigenvalue weighted by atomic mass is 9.91. The van der Waals surface area contributed by atoms with Crippen molar-refractivity contribution in [3.63, 3.8) is 0 Å². The predicted octanol–water partition coefficient (Wildman–Crippen LogP) is 5.90. The molecule has 1 amide bonds. The second-order valence-corrected chi connectivity index (χ2v) is 11.5. The first-order chi connectivity index (χ1) is 17.2. The molecule has 0 spiro atoms. The van der Waals surface area contributed by atoms with Crippen molar-refractivity contribution in [2.45, 2.75) is 63.8 Å². The molecule has 0 bridgehead atoms. The molecular weight excluding hydrogens is 459 g/mol. The minimum atomic E-state index is -0.661. The van der Waals surface area contributed by atoms with E-state index < -0.39 is 11.2 Å². The average molecular weight is 493 g/mol. The molecule has 3 aliphatic rings. The van der Waals surface area contributed by atoms with Gasteiger partial charge in [-0.05, 0) is 55.5 Å². The van der Waals surface area contributed by atoms with Crippen LogP contribution in [0.15, 0.2) is 36.4 Å². The van der Waals surface area contributed by atoms with Crippen LogP contribution in [0.1, 0.15) is 57.7 Å². The van der Waals surface area contributed by atoms with Gasteiger partial charge in [-0.3, -0.25) is 4.79 Å². The highest BCUT2D eigenvalue weighted by molar-refractivity contribution is 6.02. The van der Waals surface area contributed by atoms with E-state index in [0.717, 1.165) is 67.6 Å². The van der Waals surface area contributed by atoms with E-state index in [1.807, 2.05) is 18.2 Å². The fourth-order valence-corrected chi connectivity index (χ4v) is 5.62. The van der Waals surface area contributed by atoms with Crippen molar-refractivity contribution in [1.29, 1.82) is 0 Å². The van der Waals surface area contributed by atoms with Gasteiger partial charge in [-0.1, -0.05) is 26.8 Å². The van der Waals surface area contributed by atoms with Gasteiger partial charge in [-0.2, -0.15) is 0 Å². The fraction of sp³-hybridized carbons (Fsp3) is 0.483. The number of rotatable bonds is 5. The van der Waals surface area contributed by atoms with Crippen LogP contribution >= 0.6 is 0 Å². The van der Waals surface area contributed by atoms with Crippen LogP contribution in [-0.4, -0.2) is 30.5 Å². The van der Waals surface area contributed by atoms with Crippen molar-refractivity contribution >= 4 is 22.5 Å². The maximum Gasteiger partial charge on any atom is 0.235 e. The van der Waals surface area contributed by atoms with Gasteiger partial charge in [0, 0.05) is 41.6 Å². The molecular formula is C29H33FN2O4. The molecule has 1 saturated heterocycles. The third kappa shape index (κ3) is 4.03. The van der Waals surface area contributed by atoms with E-state index in [1.54, 1.807) is 12.1 Å². The number of hydrogen-bond donors (Lipinski definition) is 1. The Kier molecular flexibility index (Phi) is 5.52. The van der Waals surface area contributed by atoms with Crippen LogP contribution in [-0.2, 0) is 26.9 Å². The SMILES string of the molecule is CC(C)(C)c1cc2cc(NC(=O)C3(c4ccc5c(c4)OCO5)CC3)c(F)cc2n1CC1CCCOC1. The third-order valence-corrected chi connectivity index (χ3v) is 7.81. The molecule has 1 N–H and O–H groups in total.